The highest BCUT2D eigenvalue weighted by molar-refractivity contribution is 5.96. The molecule has 1 atom stereocenters. The third-order valence-electron chi connectivity index (χ3n) is 6.07. The predicted octanol–water partition coefficient (Wildman–Crippen LogP) is 0.747. The molecule has 0 bridgehead atoms. The fourth-order valence-electron chi connectivity index (χ4n) is 4.33. The quantitative estimate of drug-likeness (QED) is 0.757. The summed E-state index contributed by atoms with van der Waals surface area (Å²) in [4.78, 5) is 43.4. The SMILES string of the molecule is Cc1nc(N2CCCC2)cc(N2CCN(C3CC(=O)N(C)C(=O)N3C)CC2)n1. The van der Waals surface area contributed by atoms with E-state index in [9.17, 15) is 9.59 Å². The first-order valence-corrected chi connectivity index (χ1v) is 10.1. The van der Waals surface area contributed by atoms with Crippen molar-refractivity contribution < 1.29 is 9.59 Å². The zero-order chi connectivity index (χ0) is 19.8. The summed E-state index contributed by atoms with van der Waals surface area (Å²) in [6, 6.07) is 1.87. The van der Waals surface area contributed by atoms with Crippen LogP contribution < -0.4 is 9.80 Å². The standard InChI is InChI=1S/C19H29N7O2/c1-14-20-15(24-6-4-5-7-24)12-16(21-14)25-8-10-26(11-9-25)17-13-18(27)23(3)19(28)22(17)2/h12,17H,4-11,13H2,1-3H3. The van der Waals surface area contributed by atoms with Crippen molar-refractivity contribution in [3.8, 4) is 0 Å². The number of rotatable bonds is 3. The second-order valence-electron chi connectivity index (χ2n) is 7.88. The van der Waals surface area contributed by atoms with E-state index in [1.807, 2.05) is 6.92 Å². The highest BCUT2D eigenvalue weighted by Gasteiger charge is 2.38. The number of carbonyl (C=O) groups is 2. The van der Waals surface area contributed by atoms with Crippen molar-refractivity contribution in [3.05, 3.63) is 11.9 Å². The molecule has 3 amide bonds. The molecule has 28 heavy (non-hydrogen) atoms. The van der Waals surface area contributed by atoms with Crippen molar-refractivity contribution >= 4 is 23.6 Å². The fraction of sp³-hybridized carbons (Fsp3) is 0.684. The van der Waals surface area contributed by atoms with Gasteiger partial charge in [-0.15, -0.1) is 0 Å². The van der Waals surface area contributed by atoms with Crippen LogP contribution in [0, 0.1) is 6.92 Å². The molecule has 1 unspecified atom stereocenters. The van der Waals surface area contributed by atoms with E-state index in [1.165, 1.54) is 17.7 Å². The summed E-state index contributed by atoms with van der Waals surface area (Å²) in [7, 11) is 3.32. The number of hydrogen-bond acceptors (Lipinski definition) is 7. The molecule has 0 saturated carbocycles. The van der Waals surface area contributed by atoms with Gasteiger partial charge in [0.15, 0.2) is 0 Å². The molecule has 3 aliphatic heterocycles. The number of carbonyl (C=O) groups excluding carboxylic acids is 2. The van der Waals surface area contributed by atoms with Gasteiger partial charge in [0, 0.05) is 59.4 Å². The van der Waals surface area contributed by atoms with Gasteiger partial charge in [-0.3, -0.25) is 14.6 Å². The molecule has 0 aromatic carbocycles. The summed E-state index contributed by atoms with van der Waals surface area (Å²) >= 11 is 0. The molecule has 0 spiro atoms. The molecule has 3 aliphatic rings. The maximum absolute atomic E-state index is 12.2. The Morgan fingerprint density at radius 3 is 2.07 bits per heavy atom. The second-order valence-corrected chi connectivity index (χ2v) is 7.88. The molecule has 4 rings (SSSR count). The van der Waals surface area contributed by atoms with Gasteiger partial charge in [0.25, 0.3) is 0 Å². The zero-order valence-electron chi connectivity index (χ0n) is 17.0. The molecule has 3 saturated heterocycles. The van der Waals surface area contributed by atoms with Crippen LogP contribution in [0.4, 0.5) is 16.4 Å². The molecule has 3 fully saturated rings. The number of aromatic nitrogens is 2. The average Bonchev–Trinajstić information content (AvgIpc) is 3.24. The van der Waals surface area contributed by atoms with Crippen molar-refractivity contribution in [3.63, 3.8) is 0 Å². The third kappa shape index (κ3) is 3.50. The van der Waals surface area contributed by atoms with Gasteiger partial charge in [-0.05, 0) is 19.8 Å². The second kappa shape index (κ2) is 7.54. The normalized spacial score (nSPS) is 24.5. The van der Waals surface area contributed by atoms with Crippen molar-refractivity contribution in [2.24, 2.45) is 0 Å². The average molecular weight is 387 g/mol. The predicted molar refractivity (Wildman–Crippen MR) is 106 cm³/mol. The summed E-state index contributed by atoms with van der Waals surface area (Å²) in [5.41, 5.74) is 0. The van der Waals surface area contributed by atoms with E-state index in [1.54, 1.807) is 19.0 Å². The van der Waals surface area contributed by atoms with Crippen molar-refractivity contribution in [1.82, 2.24) is 24.7 Å². The molecule has 1 aromatic heterocycles. The summed E-state index contributed by atoms with van der Waals surface area (Å²) in [5, 5.41) is 0. The molecule has 9 heteroatoms. The Morgan fingerprint density at radius 2 is 1.46 bits per heavy atom. The maximum atomic E-state index is 12.2. The molecule has 152 valence electrons. The van der Waals surface area contributed by atoms with Crippen LogP contribution in [0.1, 0.15) is 25.1 Å². The van der Waals surface area contributed by atoms with E-state index in [0.717, 1.165) is 56.7 Å². The van der Waals surface area contributed by atoms with Gasteiger partial charge in [0.2, 0.25) is 5.91 Å². The number of amides is 3. The minimum Gasteiger partial charge on any atom is -0.356 e. The van der Waals surface area contributed by atoms with Crippen LogP contribution in [0.3, 0.4) is 0 Å². The Kier molecular flexibility index (Phi) is 5.09. The Labute approximate surface area is 165 Å². The summed E-state index contributed by atoms with van der Waals surface area (Å²) < 4.78 is 0. The molecule has 4 heterocycles. The number of nitrogens with zero attached hydrogens (tertiary/aromatic N) is 7. The van der Waals surface area contributed by atoms with Crippen LogP contribution in [0.2, 0.25) is 0 Å². The van der Waals surface area contributed by atoms with Gasteiger partial charge >= 0.3 is 6.03 Å². The fourth-order valence-corrected chi connectivity index (χ4v) is 4.33. The number of piperazine rings is 1. The Hall–Kier alpha value is -2.42. The molecule has 0 aliphatic carbocycles. The van der Waals surface area contributed by atoms with E-state index in [-0.39, 0.29) is 18.1 Å². The Morgan fingerprint density at radius 1 is 0.893 bits per heavy atom. The largest absolute Gasteiger partial charge is 0.356 e. The minimum atomic E-state index is -0.231. The lowest BCUT2D eigenvalue weighted by Gasteiger charge is -2.45. The first kappa shape index (κ1) is 18.9. The van der Waals surface area contributed by atoms with Gasteiger partial charge in [0.1, 0.15) is 17.5 Å². The molecule has 1 aromatic rings. The van der Waals surface area contributed by atoms with E-state index >= 15 is 0 Å². The van der Waals surface area contributed by atoms with Crippen LogP contribution >= 0.6 is 0 Å². The highest BCUT2D eigenvalue weighted by Crippen LogP contribution is 2.25. The van der Waals surface area contributed by atoms with Crippen LogP contribution in [-0.2, 0) is 4.79 Å². The van der Waals surface area contributed by atoms with Crippen molar-refractivity contribution in [1.29, 1.82) is 0 Å². The van der Waals surface area contributed by atoms with Gasteiger partial charge < -0.3 is 14.7 Å². The molecule has 9 nitrogen and oxygen atoms in total. The van der Waals surface area contributed by atoms with Crippen LogP contribution in [0.5, 0.6) is 0 Å². The van der Waals surface area contributed by atoms with Crippen molar-refractivity contribution in [2.45, 2.75) is 32.4 Å². The van der Waals surface area contributed by atoms with Gasteiger partial charge in [-0.2, -0.15) is 0 Å². The minimum absolute atomic E-state index is 0.114. The monoisotopic (exact) mass is 387 g/mol. The van der Waals surface area contributed by atoms with Gasteiger partial charge in [-0.25, -0.2) is 14.8 Å². The van der Waals surface area contributed by atoms with Crippen LogP contribution in [-0.4, -0.2) is 96.1 Å². The first-order valence-electron chi connectivity index (χ1n) is 10.1. The number of imide groups is 1. The Balaban J connectivity index is 1.43. The number of aryl methyl sites for hydroxylation is 1. The van der Waals surface area contributed by atoms with Gasteiger partial charge in [0.05, 0.1) is 12.6 Å². The molecule has 0 N–H and O–H groups in total. The number of hydrogen-bond donors (Lipinski definition) is 0. The Bertz CT molecular complexity index is 757. The third-order valence-corrected chi connectivity index (χ3v) is 6.07. The lowest BCUT2D eigenvalue weighted by molar-refractivity contribution is -0.134. The van der Waals surface area contributed by atoms with E-state index in [0.29, 0.717) is 6.42 Å². The first-order chi connectivity index (χ1) is 13.4. The van der Waals surface area contributed by atoms with Gasteiger partial charge in [-0.1, -0.05) is 0 Å². The zero-order valence-corrected chi connectivity index (χ0v) is 17.0. The lowest BCUT2D eigenvalue weighted by Crippen LogP contribution is -2.62. The number of anilines is 2. The topological polar surface area (TPSA) is 76.1 Å². The highest BCUT2D eigenvalue weighted by atomic mass is 16.2. The molecular formula is C19H29N7O2. The maximum Gasteiger partial charge on any atom is 0.327 e. The van der Waals surface area contributed by atoms with E-state index in [2.05, 4.69) is 30.7 Å². The number of urea groups is 1. The van der Waals surface area contributed by atoms with E-state index < -0.39 is 0 Å². The summed E-state index contributed by atoms with van der Waals surface area (Å²) in [6.07, 6.45) is 2.63. The lowest BCUT2D eigenvalue weighted by atomic mass is 10.1. The molecule has 0 radical (unpaired) electrons. The van der Waals surface area contributed by atoms with Crippen molar-refractivity contribution in [2.75, 3.05) is 63.2 Å². The summed E-state index contributed by atoms with van der Waals surface area (Å²) in [6.45, 7) is 7.30. The van der Waals surface area contributed by atoms with Crippen LogP contribution in [0.15, 0.2) is 6.07 Å². The van der Waals surface area contributed by atoms with Crippen LogP contribution in [0.25, 0.3) is 0 Å². The van der Waals surface area contributed by atoms with E-state index in [4.69, 9.17) is 0 Å². The summed E-state index contributed by atoms with van der Waals surface area (Å²) in [5.74, 6) is 2.68. The molecular weight excluding hydrogens is 358 g/mol. The smallest absolute Gasteiger partial charge is 0.327 e.